The van der Waals surface area contributed by atoms with Crippen molar-refractivity contribution in [2.45, 2.75) is 32.7 Å². The molecule has 1 N–H and O–H groups in total. The Morgan fingerprint density at radius 2 is 1.80 bits per heavy atom. The quantitative estimate of drug-likeness (QED) is 0.701. The molecule has 0 aliphatic heterocycles. The van der Waals surface area contributed by atoms with Gasteiger partial charge in [-0.2, -0.15) is 0 Å². The summed E-state index contributed by atoms with van der Waals surface area (Å²) in [4.78, 5) is 0. The molecule has 0 spiro atoms. The van der Waals surface area contributed by atoms with Crippen LogP contribution in [0.2, 0.25) is 10.0 Å². The summed E-state index contributed by atoms with van der Waals surface area (Å²) in [6.07, 6.45) is 1.97. The largest absolute Gasteiger partial charge is 0.378 e. The molecule has 0 bridgehead atoms. The van der Waals surface area contributed by atoms with Crippen molar-refractivity contribution >= 4 is 28.9 Å². The van der Waals surface area contributed by atoms with Crippen LogP contribution < -0.4 is 5.32 Å². The first-order chi connectivity index (χ1) is 9.65. The van der Waals surface area contributed by atoms with E-state index in [9.17, 15) is 0 Å². The number of para-hydroxylation sites is 1. The second kappa shape index (κ2) is 7.01. The molecule has 1 nitrogen and oxygen atoms in total. The summed E-state index contributed by atoms with van der Waals surface area (Å²) >= 11 is 12.3. The minimum atomic E-state index is 0.187. The lowest BCUT2D eigenvalue weighted by Crippen LogP contribution is -2.11. The fraction of sp³-hybridized carbons (Fsp3) is 0.294. The van der Waals surface area contributed by atoms with Gasteiger partial charge in [0, 0.05) is 15.7 Å². The fourth-order valence-corrected chi connectivity index (χ4v) is 2.88. The molecule has 0 aliphatic rings. The molecule has 0 fully saturated rings. The average molecular weight is 308 g/mol. The van der Waals surface area contributed by atoms with Crippen LogP contribution in [-0.2, 0) is 6.42 Å². The van der Waals surface area contributed by atoms with Crippen LogP contribution in [-0.4, -0.2) is 0 Å². The van der Waals surface area contributed by atoms with Crippen LogP contribution in [0.4, 0.5) is 5.69 Å². The second-order valence-electron chi connectivity index (χ2n) is 4.78. The lowest BCUT2D eigenvalue weighted by Gasteiger charge is -2.22. The Morgan fingerprint density at radius 1 is 1.05 bits per heavy atom. The molecule has 1 unspecified atom stereocenters. The van der Waals surface area contributed by atoms with E-state index < -0.39 is 0 Å². The molecule has 20 heavy (non-hydrogen) atoms. The molecule has 0 aliphatic carbocycles. The summed E-state index contributed by atoms with van der Waals surface area (Å²) in [6, 6.07) is 14.3. The monoisotopic (exact) mass is 307 g/mol. The lowest BCUT2D eigenvalue weighted by atomic mass is 10.0. The molecule has 0 heterocycles. The van der Waals surface area contributed by atoms with E-state index in [0.29, 0.717) is 10.0 Å². The zero-order valence-electron chi connectivity index (χ0n) is 11.8. The number of aryl methyl sites for hydroxylation is 1. The Bertz CT molecular complexity index is 581. The summed E-state index contributed by atoms with van der Waals surface area (Å²) in [5, 5.41) is 4.98. The molecule has 106 valence electrons. The Labute approximate surface area is 130 Å². The average Bonchev–Trinajstić information content (AvgIpc) is 2.46. The normalized spacial score (nSPS) is 12.2. The van der Waals surface area contributed by atoms with Crippen LogP contribution >= 0.6 is 23.2 Å². The van der Waals surface area contributed by atoms with Gasteiger partial charge in [0.1, 0.15) is 0 Å². The minimum Gasteiger partial charge on any atom is -0.378 e. The van der Waals surface area contributed by atoms with Crippen molar-refractivity contribution < 1.29 is 0 Å². The summed E-state index contributed by atoms with van der Waals surface area (Å²) < 4.78 is 0. The first kappa shape index (κ1) is 15.2. The van der Waals surface area contributed by atoms with Crippen LogP contribution in [0.5, 0.6) is 0 Å². The number of anilines is 1. The van der Waals surface area contributed by atoms with Gasteiger partial charge in [0.05, 0.1) is 6.04 Å². The second-order valence-corrected chi connectivity index (χ2v) is 5.63. The first-order valence-corrected chi connectivity index (χ1v) is 7.70. The molecule has 3 heteroatoms. The van der Waals surface area contributed by atoms with Gasteiger partial charge in [-0.3, -0.25) is 0 Å². The van der Waals surface area contributed by atoms with Gasteiger partial charge in [-0.15, -0.1) is 0 Å². The zero-order chi connectivity index (χ0) is 14.5. The Hall–Kier alpha value is -1.18. The van der Waals surface area contributed by atoms with E-state index >= 15 is 0 Å². The number of hydrogen-bond acceptors (Lipinski definition) is 1. The van der Waals surface area contributed by atoms with E-state index in [1.165, 1.54) is 11.3 Å². The molecule has 1 atom stereocenters. The maximum Gasteiger partial charge on any atom is 0.0526 e. The number of rotatable bonds is 5. The molecule has 2 aromatic carbocycles. The van der Waals surface area contributed by atoms with E-state index in [4.69, 9.17) is 23.2 Å². The van der Waals surface area contributed by atoms with E-state index in [2.05, 4.69) is 43.4 Å². The summed E-state index contributed by atoms with van der Waals surface area (Å²) in [7, 11) is 0. The van der Waals surface area contributed by atoms with E-state index in [-0.39, 0.29) is 6.04 Å². The van der Waals surface area contributed by atoms with Crippen LogP contribution in [0.1, 0.15) is 37.4 Å². The maximum absolute atomic E-state index is 6.32. The summed E-state index contributed by atoms with van der Waals surface area (Å²) in [5.41, 5.74) is 3.58. The third-order valence-corrected chi connectivity index (χ3v) is 4.04. The molecule has 0 amide bonds. The molecule has 0 saturated carbocycles. The predicted octanol–water partition coefficient (Wildman–Crippen LogP) is 6.12. The van der Waals surface area contributed by atoms with Gasteiger partial charge < -0.3 is 5.32 Å². The minimum absolute atomic E-state index is 0.187. The van der Waals surface area contributed by atoms with Gasteiger partial charge >= 0.3 is 0 Å². The van der Waals surface area contributed by atoms with Crippen LogP contribution in [0.15, 0.2) is 42.5 Å². The van der Waals surface area contributed by atoms with Crippen molar-refractivity contribution in [3.05, 3.63) is 63.6 Å². The summed E-state index contributed by atoms with van der Waals surface area (Å²) in [6.45, 7) is 4.31. The third-order valence-electron chi connectivity index (χ3n) is 3.47. The topological polar surface area (TPSA) is 12.0 Å². The van der Waals surface area contributed by atoms with Crippen molar-refractivity contribution in [3.63, 3.8) is 0 Å². The molecule has 2 aromatic rings. The molecular weight excluding hydrogens is 289 g/mol. The third kappa shape index (κ3) is 3.47. The Morgan fingerprint density at radius 3 is 2.45 bits per heavy atom. The van der Waals surface area contributed by atoms with Crippen LogP contribution in [0.3, 0.4) is 0 Å². The number of hydrogen-bond donors (Lipinski definition) is 1. The molecular formula is C17H19Cl2N. The van der Waals surface area contributed by atoms with Gasteiger partial charge in [0.2, 0.25) is 0 Å². The SMILES string of the molecule is CCc1ccccc1NC(CC)c1ccc(Cl)cc1Cl. The Kier molecular flexibility index (Phi) is 5.33. The van der Waals surface area contributed by atoms with Crippen molar-refractivity contribution in [1.29, 1.82) is 0 Å². The van der Waals surface area contributed by atoms with Crippen molar-refractivity contribution in [2.75, 3.05) is 5.32 Å². The van der Waals surface area contributed by atoms with Gasteiger partial charge in [-0.05, 0) is 42.2 Å². The molecule has 0 radical (unpaired) electrons. The van der Waals surface area contributed by atoms with Gasteiger partial charge in [0.25, 0.3) is 0 Å². The fourth-order valence-electron chi connectivity index (χ4n) is 2.34. The van der Waals surface area contributed by atoms with Gasteiger partial charge in [-0.25, -0.2) is 0 Å². The standard InChI is InChI=1S/C17H19Cl2N/c1-3-12-7-5-6-8-17(12)20-16(4-2)14-10-9-13(18)11-15(14)19/h5-11,16,20H,3-4H2,1-2H3. The molecule has 0 saturated heterocycles. The number of benzene rings is 2. The highest BCUT2D eigenvalue weighted by Gasteiger charge is 2.14. The van der Waals surface area contributed by atoms with E-state index in [1.54, 1.807) is 6.07 Å². The summed E-state index contributed by atoms with van der Waals surface area (Å²) in [5.74, 6) is 0. The van der Waals surface area contributed by atoms with Crippen LogP contribution in [0, 0.1) is 0 Å². The van der Waals surface area contributed by atoms with Crippen LogP contribution in [0.25, 0.3) is 0 Å². The molecule has 2 rings (SSSR count). The van der Waals surface area contributed by atoms with Gasteiger partial charge in [0.15, 0.2) is 0 Å². The Balaban J connectivity index is 2.29. The van der Waals surface area contributed by atoms with Gasteiger partial charge in [-0.1, -0.05) is 61.3 Å². The van der Waals surface area contributed by atoms with E-state index in [1.807, 2.05) is 12.1 Å². The smallest absolute Gasteiger partial charge is 0.0526 e. The first-order valence-electron chi connectivity index (χ1n) is 6.95. The highest BCUT2D eigenvalue weighted by molar-refractivity contribution is 6.35. The molecule has 0 aromatic heterocycles. The number of nitrogens with one attached hydrogen (secondary N) is 1. The zero-order valence-corrected chi connectivity index (χ0v) is 13.3. The highest BCUT2D eigenvalue weighted by Crippen LogP contribution is 2.31. The van der Waals surface area contributed by atoms with Crippen molar-refractivity contribution in [3.8, 4) is 0 Å². The maximum atomic E-state index is 6.32. The van der Waals surface area contributed by atoms with Crippen molar-refractivity contribution in [2.24, 2.45) is 0 Å². The number of halogens is 2. The predicted molar refractivity (Wildman–Crippen MR) is 88.9 cm³/mol. The van der Waals surface area contributed by atoms with E-state index in [0.717, 1.165) is 18.4 Å². The lowest BCUT2D eigenvalue weighted by molar-refractivity contribution is 0.748. The van der Waals surface area contributed by atoms with Crippen molar-refractivity contribution in [1.82, 2.24) is 0 Å². The highest BCUT2D eigenvalue weighted by atomic mass is 35.5.